The average Bonchev–Trinajstić information content (AvgIpc) is 2.31. The van der Waals surface area contributed by atoms with Gasteiger partial charge in [0.05, 0.1) is 5.56 Å². The lowest BCUT2D eigenvalue weighted by Crippen LogP contribution is -1.97. The van der Waals surface area contributed by atoms with E-state index in [0.717, 1.165) is 5.56 Å². The van der Waals surface area contributed by atoms with Gasteiger partial charge in [0, 0.05) is 10.6 Å². The molecular formula is C14H10ClFO2. The number of carboxylic acid groups (broad SMARTS) is 1. The van der Waals surface area contributed by atoms with Crippen LogP contribution in [0.3, 0.4) is 0 Å². The Kier molecular flexibility index (Phi) is 3.34. The summed E-state index contributed by atoms with van der Waals surface area (Å²) in [7, 11) is 0. The van der Waals surface area contributed by atoms with Crippen LogP contribution in [-0.2, 0) is 0 Å². The van der Waals surface area contributed by atoms with Crippen molar-refractivity contribution in [3.8, 4) is 11.1 Å². The van der Waals surface area contributed by atoms with Gasteiger partial charge in [0.15, 0.2) is 0 Å². The van der Waals surface area contributed by atoms with Crippen LogP contribution in [0.15, 0.2) is 36.4 Å². The second-order valence-corrected chi connectivity index (χ2v) is 4.45. The highest BCUT2D eigenvalue weighted by Gasteiger charge is 2.10. The van der Waals surface area contributed by atoms with Crippen LogP contribution in [0.2, 0.25) is 5.02 Å². The minimum absolute atomic E-state index is 0.0402. The molecule has 18 heavy (non-hydrogen) atoms. The molecule has 0 aliphatic heterocycles. The molecule has 0 bridgehead atoms. The predicted octanol–water partition coefficient (Wildman–Crippen LogP) is 4.15. The van der Waals surface area contributed by atoms with Gasteiger partial charge in [-0.2, -0.15) is 0 Å². The predicted molar refractivity (Wildman–Crippen MR) is 68.5 cm³/mol. The summed E-state index contributed by atoms with van der Waals surface area (Å²) in [4.78, 5) is 10.9. The summed E-state index contributed by atoms with van der Waals surface area (Å²) in [5, 5.41) is 9.22. The molecule has 92 valence electrons. The fraction of sp³-hybridized carbons (Fsp3) is 0.0714. The Hall–Kier alpha value is -1.87. The highest BCUT2D eigenvalue weighted by atomic mass is 35.5. The highest BCUT2D eigenvalue weighted by molar-refractivity contribution is 6.31. The second kappa shape index (κ2) is 4.78. The first kappa shape index (κ1) is 12.6. The van der Waals surface area contributed by atoms with Gasteiger partial charge >= 0.3 is 5.97 Å². The van der Waals surface area contributed by atoms with Gasteiger partial charge in [-0.1, -0.05) is 23.2 Å². The number of halogens is 2. The van der Waals surface area contributed by atoms with Gasteiger partial charge in [-0.3, -0.25) is 0 Å². The van der Waals surface area contributed by atoms with Crippen LogP contribution in [0.25, 0.3) is 11.1 Å². The third-order valence-electron chi connectivity index (χ3n) is 2.58. The first-order valence-electron chi connectivity index (χ1n) is 5.28. The standard InChI is InChI=1S/C14H10ClFO2/c1-8-2-3-13(16)12(4-8)9-5-10(14(17)18)7-11(15)6-9/h2-7H,1H3,(H,17,18). The van der Waals surface area contributed by atoms with Gasteiger partial charge in [-0.15, -0.1) is 0 Å². The monoisotopic (exact) mass is 264 g/mol. The third kappa shape index (κ3) is 2.51. The van der Waals surface area contributed by atoms with E-state index in [0.29, 0.717) is 11.1 Å². The molecule has 4 heteroatoms. The quantitative estimate of drug-likeness (QED) is 0.885. The lowest BCUT2D eigenvalue weighted by atomic mass is 10.0. The lowest BCUT2D eigenvalue weighted by molar-refractivity contribution is 0.0697. The number of hydrogen-bond donors (Lipinski definition) is 1. The first-order valence-corrected chi connectivity index (χ1v) is 5.65. The minimum atomic E-state index is -1.09. The Morgan fingerprint density at radius 3 is 2.61 bits per heavy atom. The average molecular weight is 265 g/mol. The summed E-state index contributed by atoms with van der Waals surface area (Å²) in [5.74, 6) is -1.49. The van der Waals surface area contributed by atoms with E-state index >= 15 is 0 Å². The maximum atomic E-state index is 13.7. The Labute approximate surface area is 109 Å². The molecule has 0 amide bonds. The number of carbonyl (C=O) groups is 1. The molecule has 0 atom stereocenters. The van der Waals surface area contributed by atoms with Gasteiger partial charge < -0.3 is 5.11 Å². The molecule has 0 spiro atoms. The zero-order valence-electron chi connectivity index (χ0n) is 9.58. The topological polar surface area (TPSA) is 37.3 Å². The van der Waals surface area contributed by atoms with Crippen molar-refractivity contribution in [1.82, 2.24) is 0 Å². The van der Waals surface area contributed by atoms with Gasteiger partial charge in [0.25, 0.3) is 0 Å². The molecule has 1 N–H and O–H groups in total. The minimum Gasteiger partial charge on any atom is -0.478 e. The summed E-state index contributed by atoms with van der Waals surface area (Å²) in [6, 6.07) is 8.96. The maximum absolute atomic E-state index is 13.7. The Morgan fingerprint density at radius 1 is 1.22 bits per heavy atom. The zero-order valence-corrected chi connectivity index (χ0v) is 10.3. The fourth-order valence-corrected chi connectivity index (χ4v) is 1.96. The Balaban J connectivity index is 2.63. The molecule has 2 aromatic rings. The molecule has 2 nitrogen and oxygen atoms in total. The number of aromatic carboxylic acids is 1. The molecule has 0 fully saturated rings. The zero-order chi connectivity index (χ0) is 13.3. The first-order chi connectivity index (χ1) is 8.47. The summed E-state index contributed by atoms with van der Waals surface area (Å²) in [6.45, 7) is 1.84. The summed E-state index contributed by atoms with van der Waals surface area (Å²) in [5.41, 5.74) is 1.74. The number of carboxylic acids is 1. The van der Waals surface area contributed by atoms with Gasteiger partial charge in [-0.05, 0) is 42.8 Å². The van der Waals surface area contributed by atoms with Crippen LogP contribution in [0.5, 0.6) is 0 Å². The SMILES string of the molecule is Cc1ccc(F)c(-c2cc(Cl)cc(C(=O)O)c2)c1. The highest BCUT2D eigenvalue weighted by Crippen LogP contribution is 2.28. The van der Waals surface area contributed by atoms with Crippen molar-refractivity contribution in [2.24, 2.45) is 0 Å². The van der Waals surface area contributed by atoms with E-state index in [1.54, 1.807) is 18.2 Å². The van der Waals surface area contributed by atoms with Crippen LogP contribution in [0.1, 0.15) is 15.9 Å². The molecule has 0 aromatic heterocycles. The third-order valence-corrected chi connectivity index (χ3v) is 2.80. The Morgan fingerprint density at radius 2 is 1.94 bits per heavy atom. The van der Waals surface area contributed by atoms with E-state index in [-0.39, 0.29) is 10.6 Å². The van der Waals surface area contributed by atoms with Crippen molar-refractivity contribution < 1.29 is 14.3 Å². The number of hydrogen-bond acceptors (Lipinski definition) is 1. The number of rotatable bonds is 2. The van der Waals surface area contributed by atoms with Gasteiger partial charge in [0.2, 0.25) is 0 Å². The molecule has 2 rings (SSSR count). The molecule has 0 aliphatic carbocycles. The van der Waals surface area contributed by atoms with Crippen molar-refractivity contribution in [3.05, 3.63) is 58.4 Å². The molecule has 0 radical (unpaired) electrons. The van der Waals surface area contributed by atoms with Crippen LogP contribution in [-0.4, -0.2) is 11.1 Å². The van der Waals surface area contributed by atoms with Crippen LogP contribution in [0, 0.1) is 12.7 Å². The number of aryl methyl sites for hydroxylation is 1. The van der Waals surface area contributed by atoms with E-state index in [1.165, 1.54) is 18.2 Å². The van der Waals surface area contributed by atoms with E-state index in [4.69, 9.17) is 16.7 Å². The molecule has 0 saturated carbocycles. The molecule has 0 unspecified atom stereocenters. The van der Waals surface area contributed by atoms with E-state index in [2.05, 4.69) is 0 Å². The van der Waals surface area contributed by atoms with Crippen molar-refractivity contribution in [3.63, 3.8) is 0 Å². The Bertz CT molecular complexity index is 623. The molecule has 0 saturated heterocycles. The second-order valence-electron chi connectivity index (χ2n) is 4.02. The van der Waals surface area contributed by atoms with Gasteiger partial charge in [0.1, 0.15) is 5.82 Å². The van der Waals surface area contributed by atoms with Gasteiger partial charge in [-0.25, -0.2) is 9.18 Å². The summed E-state index contributed by atoms with van der Waals surface area (Å²) >= 11 is 5.85. The lowest BCUT2D eigenvalue weighted by Gasteiger charge is -2.07. The normalized spacial score (nSPS) is 10.4. The number of benzene rings is 2. The molecule has 2 aromatic carbocycles. The van der Waals surface area contributed by atoms with Crippen LogP contribution in [0.4, 0.5) is 4.39 Å². The van der Waals surface area contributed by atoms with E-state index in [9.17, 15) is 9.18 Å². The summed E-state index contributed by atoms with van der Waals surface area (Å²) < 4.78 is 13.7. The largest absolute Gasteiger partial charge is 0.478 e. The molecule has 0 heterocycles. The van der Waals surface area contributed by atoms with Crippen molar-refractivity contribution in [2.45, 2.75) is 6.92 Å². The van der Waals surface area contributed by atoms with Crippen molar-refractivity contribution in [2.75, 3.05) is 0 Å². The van der Waals surface area contributed by atoms with Crippen LogP contribution < -0.4 is 0 Å². The van der Waals surface area contributed by atoms with Crippen molar-refractivity contribution in [1.29, 1.82) is 0 Å². The maximum Gasteiger partial charge on any atom is 0.335 e. The summed E-state index contributed by atoms with van der Waals surface area (Å²) in [6.07, 6.45) is 0. The smallest absolute Gasteiger partial charge is 0.335 e. The van der Waals surface area contributed by atoms with Crippen molar-refractivity contribution >= 4 is 17.6 Å². The van der Waals surface area contributed by atoms with E-state index in [1.807, 2.05) is 6.92 Å². The fourth-order valence-electron chi connectivity index (χ4n) is 1.73. The van der Waals surface area contributed by atoms with E-state index < -0.39 is 11.8 Å². The molecular weight excluding hydrogens is 255 g/mol. The molecule has 0 aliphatic rings. The van der Waals surface area contributed by atoms with Crippen LogP contribution >= 0.6 is 11.6 Å².